The minimum atomic E-state index is -1.39. The lowest BCUT2D eigenvalue weighted by Crippen LogP contribution is -2.37. The Kier molecular flexibility index (Phi) is 5.19. The zero-order valence-electron chi connectivity index (χ0n) is 25.3. The minimum absolute atomic E-state index is 0.948. The second-order valence-electron chi connectivity index (χ2n) is 13.1. The molecule has 0 saturated carbocycles. The van der Waals surface area contributed by atoms with Crippen molar-refractivity contribution in [2.75, 3.05) is 0 Å². The van der Waals surface area contributed by atoms with Gasteiger partial charge in [-0.2, -0.15) is 0 Å². The van der Waals surface area contributed by atoms with Crippen molar-refractivity contribution in [1.29, 1.82) is 0 Å². The van der Waals surface area contributed by atoms with Crippen LogP contribution in [0.4, 0.5) is 0 Å². The standard InChI is InChI=1S/C40H32N2OSi/c1-25-13-15-26(16-14-25)41-33-11-7-5-9-31(33)37-35(41)23-21-29-30-22-24-36-38(40(30)43-39(29)37)32-10-6-8-12-34(32)42(36)27-17-19-28(20-18-27)44(2,3)4/h5-24H,1-4H3. The van der Waals surface area contributed by atoms with Gasteiger partial charge in [0.1, 0.15) is 11.2 Å². The lowest BCUT2D eigenvalue weighted by molar-refractivity contribution is 0.677. The summed E-state index contributed by atoms with van der Waals surface area (Å²) in [5.74, 6) is 0. The molecule has 9 rings (SSSR count). The average Bonchev–Trinajstić information content (AvgIpc) is 3.68. The number of aromatic nitrogens is 2. The summed E-state index contributed by atoms with van der Waals surface area (Å²) >= 11 is 0. The number of hydrogen-bond acceptors (Lipinski definition) is 1. The number of benzene rings is 6. The van der Waals surface area contributed by atoms with E-state index >= 15 is 0 Å². The lowest BCUT2D eigenvalue weighted by Gasteiger charge is -2.17. The van der Waals surface area contributed by atoms with Gasteiger partial charge in [0.25, 0.3) is 0 Å². The van der Waals surface area contributed by atoms with Crippen molar-refractivity contribution in [3.63, 3.8) is 0 Å². The average molecular weight is 585 g/mol. The summed E-state index contributed by atoms with van der Waals surface area (Å²) in [6, 6.07) is 44.4. The van der Waals surface area contributed by atoms with Crippen molar-refractivity contribution in [1.82, 2.24) is 9.13 Å². The van der Waals surface area contributed by atoms with Crippen molar-refractivity contribution >= 4 is 78.8 Å². The SMILES string of the molecule is Cc1ccc(-n2c3ccccc3c3c4oc5c(ccc6c5c5ccccc5n6-c5ccc([Si](C)(C)C)cc5)c4ccc32)cc1. The van der Waals surface area contributed by atoms with E-state index in [1.165, 1.54) is 43.6 Å². The molecule has 0 spiro atoms. The first-order chi connectivity index (χ1) is 21.4. The van der Waals surface area contributed by atoms with Crippen LogP contribution in [0.3, 0.4) is 0 Å². The quantitative estimate of drug-likeness (QED) is 0.189. The van der Waals surface area contributed by atoms with Crippen molar-refractivity contribution in [2.45, 2.75) is 26.6 Å². The normalized spacial score (nSPS) is 12.5. The van der Waals surface area contributed by atoms with Crippen LogP contribution >= 0.6 is 0 Å². The van der Waals surface area contributed by atoms with Crippen LogP contribution in [0.2, 0.25) is 19.6 Å². The topological polar surface area (TPSA) is 23.0 Å². The number of nitrogens with zero attached hydrogens (tertiary/aromatic N) is 2. The van der Waals surface area contributed by atoms with Gasteiger partial charge in [-0.15, -0.1) is 0 Å². The molecule has 3 aromatic heterocycles. The lowest BCUT2D eigenvalue weighted by atomic mass is 10.1. The van der Waals surface area contributed by atoms with Crippen LogP contribution in [0.25, 0.3) is 76.9 Å². The van der Waals surface area contributed by atoms with Gasteiger partial charge in [0.15, 0.2) is 0 Å². The predicted molar refractivity (Wildman–Crippen MR) is 190 cm³/mol. The third kappa shape index (κ3) is 3.49. The molecule has 0 aliphatic heterocycles. The Morgan fingerprint density at radius 1 is 0.455 bits per heavy atom. The highest BCUT2D eigenvalue weighted by Gasteiger charge is 2.23. The highest BCUT2D eigenvalue weighted by atomic mass is 28.3. The minimum Gasteiger partial charge on any atom is -0.455 e. The largest absolute Gasteiger partial charge is 0.455 e. The van der Waals surface area contributed by atoms with Gasteiger partial charge < -0.3 is 13.6 Å². The van der Waals surface area contributed by atoms with Gasteiger partial charge in [0.05, 0.1) is 40.9 Å². The van der Waals surface area contributed by atoms with E-state index in [1.807, 2.05) is 0 Å². The van der Waals surface area contributed by atoms with E-state index in [0.717, 1.165) is 44.0 Å². The molecular weight excluding hydrogens is 553 g/mol. The molecule has 0 fully saturated rings. The molecule has 3 heterocycles. The Hall–Kier alpha value is -5.06. The molecule has 0 saturated heterocycles. The zero-order valence-corrected chi connectivity index (χ0v) is 26.3. The van der Waals surface area contributed by atoms with Crippen molar-refractivity contribution in [3.8, 4) is 11.4 Å². The van der Waals surface area contributed by atoms with E-state index in [0.29, 0.717) is 0 Å². The second-order valence-corrected chi connectivity index (χ2v) is 18.2. The molecule has 0 bridgehead atoms. The highest BCUT2D eigenvalue weighted by Crippen LogP contribution is 2.44. The molecule has 6 aromatic carbocycles. The van der Waals surface area contributed by atoms with Gasteiger partial charge >= 0.3 is 0 Å². The molecule has 3 nitrogen and oxygen atoms in total. The highest BCUT2D eigenvalue weighted by molar-refractivity contribution is 6.88. The van der Waals surface area contributed by atoms with E-state index in [1.54, 1.807) is 0 Å². The monoisotopic (exact) mass is 584 g/mol. The van der Waals surface area contributed by atoms with Crippen molar-refractivity contribution in [3.05, 3.63) is 127 Å². The van der Waals surface area contributed by atoms with Crippen LogP contribution < -0.4 is 5.19 Å². The summed E-state index contributed by atoms with van der Waals surface area (Å²) in [5, 5.41) is 8.51. The molecule has 0 aliphatic carbocycles. The molecule has 44 heavy (non-hydrogen) atoms. The van der Waals surface area contributed by atoms with E-state index in [4.69, 9.17) is 4.42 Å². The van der Waals surface area contributed by atoms with Gasteiger partial charge in [-0.25, -0.2) is 0 Å². The van der Waals surface area contributed by atoms with Gasteiger partial charge in [0.2, 0.25) is 0 Å². The zero-order chi connectivity index (χ0) is 29.7. The summed E-state index contributed by atoms with van der Waals surface area (Å²) in [5.41, 5.74) is 10.2. The molecule has 0 amide bonds. The van der Waals surface area contributed by atoms with Crippen LogP contribution in [0.1, 0.15) is 5.56 Å². The van der Waals surface area contributed by atoms with Crippen LogP contribution in [0.5, 0.6) is 0 Å². The van der Waals surface area contributed by atoms with Gasteiger partial charge in [-0.05, 0) is 67.6 Å². The molecule has 0 N–H and O–H groups in total. The number of hydrogen-bond donors (Lipinski definition) is 0. The Balaban J connectivity index is 1.38. The maximum atomic E-state index is 7.06. The number of para-hydroxylation sites is 2. The molecule has 4 heteroatoms. The van der Waals surface area contributed by atoms with E-state index in [2.05, 4.69) is 157 Å². The molecule has 9 aromatic rings. The van der Waals surface area contributed by atoms with E-state index in [9.17, 15) is 0 Å². The molecule has 0 atom stereocenters. The third-order valence-corrected chi connectivity index (χ3v) is 11.4. The molecule has 0 radical (unpaired) electrons. The van der Waals surface area contributed by atoms with E-state index in [-0.39, 0.29) is 0 Å². The molecule has 212 valence electrons. The van der Waals surface area contributed by atoms with Crippen molar-refractivity contribution < 1.29 is 4.42 Å². The third-order valence-electron chi connectivity index (χ3n) is 9.36. The van der Waals surface area contributed by atoms with Gasteiger partial charge in [-0.1, -0.05) is 91.1 Å². The fraction of sp³-hybridized carbons (Fsp3) is 0.100. The fourth-order valence-corrected chi connectivity index (χ4v) is 8.32. The maximum absolute atomic E-state index is 7.06. The summed E-state index contributed by atoms with van der Waals surface area (Å²) < 4.78 is 11.8. The van der Waals surface area contributed by atoms with Crippen molar-refractivity contribution in [2.24, 2.45) is 0 Å². The maximum Gasteiger partial charge on any atom is 0.145 e. The summed E-state index contributed by atoms with van der Waals surface area (Å²) in [4.78, 5) is 0. The van der Waals surface area contributed by atoms with Crippen LogP contribution in [-0.4, -0.2) is 17.2 Å². The summed E-state index contributed by atoms with van der Waals surface area (Å²) in [6.07, 6.45) is 0. The summed E-state index contributed by atoms with van der Waals surface area (Å²) in [6.45, 7) is 9.33. The smallest absolute Gasteiger partial charge is 0.145 e. The number of rotatable bonds is 3. The van der Waals surface area contributed by atoms with E-state index < -0.39 is 8.07 Å². The molecule has 0 unspecified atom stereocenters. The number of aryl methyl sites for hydroxylation is 1. The Bertz CT molecular complexity index is 2570. The fourth-order valence-electron chi connectivity index (χ4n) is 7.16. The number of fused-ring (bicyclic) bond motifs is 11. The first-order valence-electron chi connectivity index (χ1n) is 15.4. The Morgan fingerprint density at radius 2 is 0.909 bits per heavy atom. The van der Waals surface area contributed by atoms with Crippen LogP contribution in [0, 0.1) is 6.92 Å². The Morgan fingerprint density at radius 3 is 1.39 bits per heavy atom. The van der Waals surface area contributed by atoms with Crippen LogP contribution in [-0.2, 0) is 0 Å². The summed E-state index contributed by atoms with van der Waals surface area (Å²) in [7, 11) is -1.39. The van der Waals surface area contributed by atoms with Crippen LogP contribution in [0.15, 0.2) is 126 Å². The number of furan rings is 1. The van der Waals surface area contributed by atoms with Gasteiger partial charge in [0, 0.05) is 32.9 Å². The van der Waals surface area contributed by atoms with Gasteiger partial charge in [-0.3, -0.25) is 0 Å². The first-order valence-corrected chi connectivity index (χ1v) is 18.9. The first kappa shape index (κ1) is 25.4. The Labute approximate surface area is 256 Å². The molecular formula is C40H32N2OSi. The molecule has 0 aliphatic rings. The second kappa shape index (κ2) is 8.98. The predicted octanol–water partition coefficient (Wildman–Crippen LogP) is 10.6.